The van der Waals surface area contributed by atoms with Crippen molar-refractivity contribution < 1.29 is 14.7 Å². The van der Waals surface area contributed by atoms with Gasteiger partial charge >= 0.3 is 5.97 Å². The summed E-state index contributed by atoms with van der Waals surface area (Å²) in [4.78, 5) is 21.1. The van der Waals surface area contributed by atoms with Crippen LogP contribution in [0.3, 0.4) is 0 Å². The van der Waals surface area contributed by atoms with E-state index < -0.39 is 5.97 Å². The summed E-state index contributed by atoms with van der Waals surface area (Å²) < 4.78 is 0. The Labute approximate surface area is 76.6 Å². The number of hydrogen-bond donors (Lipinski definition) is 2. The van der Waals surface area contributed by atoms with Gasteiger partial charge in [0.2, 0.25) is 5.91 Å². The second-order valence-electron chi connectivity index (χ2n) is 3.19. The molecule has 4 nitrogen and oxygen atoms in total. The van der Waals surface area contributed by atoms with E-state index in [0.29, 0.717) is 18.9 Å². The van der Waals surface area contributed by atoms with E-state index in [1.54, 1.807) is 0 Å². The molecule has 0 atom stereocenters. The van der Waals surface area contributed by atoms with Gasteiger partial charge in [0, 0.05) is 19.0 Å². The average molecular weight is 183 g/mol. The summed E-state index contributed by atoms with van der Waals surface area (Å²) in [5, 5.41) is 10.9. The molecule has 0 spiro atoms. The minimum Gasteiger partial charge on any atom is -0.478 e. The summed E-state index contributed by atoms with van der Waals surface area (Å²) >= 11 is 0. The van der Waals surface area contributed by atoms with E-state index in [0.717, 1.165) is 18.9 Å². The third-order valence-corrected chi connectivity index (χ3v) is 1.85. The number of rotatable bonds is 5. The highest BCUT2D eigenvalue weighted by Crippen LogP contribution is 2.31. The molecule has 1 aliphatic carbocycles. The number of amides is 1. The second-order valence-corrected chi connectivity index (χ2v) is 3.19. The topological polar surface area (TPSA) is 66.4 Å². The second kappa shape index (κ2) is 4.64. The standard InChI is InChI=1S/C9H13NO3/c11-8(6-7-3-4-7)10-5-1-2-9(12)13/h1-2,7H,3-6H2,(H,10,11)(H,12,13). The van der Waals surface area contributed by atoms with Crippen LogP contribution in [0.15, 0.2) is 12.2 Å². The molecule has 4 heteroatoms. The van der Waals surface area contributed by atoms with Gasteiger partial charge in [-0.25, -0.2) is 4.79 Å². The zero-order valence-electron chi connectivity index (χ0n) is 7.32. The molecule has 2 N–H and O–H groups in total. The van der Waals surface area contributed by atoms with E-state index in [9.17, 15) is 9.59 Å². The molecule has 0 heterocycles. The van der Waals surface area contributed by atoms with Gasteiger partial charge in [0.05, 0.1) is 0 Å². The minimum atomic E-state index is -0.989. The number of aliphatic carboxylic acids is 1. The van der Waals surface area contributed by atoms with Gasteiger partial charge in [-0.3, -0.25) is 4.79 Å². The molecule has 1 rings (SSSR count). The van der Waals surface area contributed by atoms with Crippen molar-refractivity contribution in [1.82, 2.24) is 5.32 Å². The van der Waals surface area contributed by atoms with Crippen LogP contribution in [0.5, 0.6) is 0 Å². The highest BCUT2D eigenvalue weighted by molar-refractivity contribution is 5.80. The lowest BCUT2D eigenvalue weighted by atomic mass is 10.3. The largest absolute Gasteiger partial charge is 0.478 e. The Bertz CT molecular complexity index is 231. The molecule has 0 bridgehead atoms. The summed E-state index contributed by atoms with van der Waals surface area (Å²) in [6.07, 6.45) is 5.34. The SMILES string of the molecule is O=C(O)C=CCNC(=O)CC1CC1. The Balaban J connectivity index is 2.03. The van der Waals surface area contributed by atoms with Crippen LogP contribution in [0, 0.1) is 5.92 Å². The maximum absolute atomic E-state index is 11.0. The van der Waals surface area contributed by atoms with E-state index in [-0.39, 0.29) is 5.91 Å². The summed E-state index contributed by atoms with van der Waals surface area (Å²) in [7, 11) is 0. The monoisotopic (exact) mass is 183 g/mol. The fourth-order valence-electron chi connectivity index (χ4n) is 0.989. The Kier molecular flexibility index (Phi) is 3.49. The highest BCUT2D eigenvalue weighted by atomic mass is 16.4. The Hall–Kier alpha value is -1.32. The lowest BCUT2D eigenvalue weighted by molar-refractivity contribution is -0.131. The first kappa shape index (κ1) is 9.77. The fraction of sp³-hybridized carbons (Fsp3) is 0.556. The van der Waals surface area contributed by atoms with E-state index in [2.05, 4.69) is 5.32 Å². The fourth-order valence-corrected chi connectivity index (χ4v) is 0.989. The first-order chi connectivity index (χ1) is 6.18. The molecule has 0 unspecified atom stereocenters. The molecule has 1 saturated carbocycles. The van der Waals surface area contributed by atoms with Crippen LogP contribution in [-0.2, 0) is 9.59 Å². The molecule has 13 heavy (non-hydrogen) atoms. The Morgan fingerprint density at radius 1 is 1.46 bits per heavy atom. The molecule has 0 aromatic rings. The Morgan fingerprint density at radius 3 is 2.69 bits per heavy atom. The Morgan fingerprint density at radius 2 is 2.15 bits per heavy atom. The molecular formula is C9H13NO3. The number of hydrogen-bond acceptors (Lipinski definition) is 2. The van der Waals surface area contributed by atoms with E-state index in [4.69, 9.17) is 5.11 Å². The van der Waals surface area contributed by atoms with Crippen molar-refractivity contribution in [2.24, 2.45) is 5.92 Å². The van der Waals surface area contributed by atoms with Gasteiger partial charge in [-0.05, 0) is 18.8 Å². The normalized spacial score (nSPS) is 16.0. The third-order valence-electron chi connectivity index (χ3n) is 1.85. The number of nitrogens with one attached hydrogen (secondary N) is 1. The van der Waals surface area contributed by atoms with Crippen LogP contribution in [-0.4, -0.2) is 23.5 Å². The van der Waals surface area contributed by atoms with Crippen LogP contribution in [0.25, 0.3) is 0 Å². The van der Waals surface area contributed by atoms with Crippen molar-refractivity contribution >= 4 is 11.9 Å². The lowest BCUT2D eigenvalue weighted by Crippen LogP contribution is -2.23. The van der Waals surface area contributed by atoms with Crippen LogP contribution in [0.1, 0.15) is 19.3 Å². The first-order valence-corrected chi connectivity index (χ1v) is 4.34. The van der Waals surface area contributed by atoms with Crippen LogP contribution < -0.4 is 5.32 Å². The van der Waals surface area contributed by atoms with Gasteiger partial charge in [0.25, 0.3) is 0 Å². The van der Waals surface area contributed by atoms with Crippen molar-refractivity contribution in [3.8, 4) is 0 Å². The zero-order chi connectivity index (χ0) is 9.68. The molecule has 0 aliphatic heterocycles. The zero-order valence-corrected chi connectivity index (χ0v) is 7.32. The minimum absolute atomic E-state index is 0.0116. The summed E-state index contributed by atoms with van der Waals surface area (Å²) in [6.45, 7) is 0.303. The van der Waals surface area contributed by atoms with E-state index >= 15 is 0 Å². The quantitative estimate of drug-likeness (QED) is 0.611. The third kappa shape index (κ3) is 5.00. The molecule has 0 aromatic heterocycles. The van der Waals surface area contributed by atoms with Crippen LogP contribution >= 0.6 is 0 Å². The van der Waals surface area contributed by atoms with Crippen LogP contribution in [0.2, 0.25) is 0 Å². The van der Waals surface area contributed by atoms with Gasteiger partial charge < -0.3 is 10.4 Å². The summed E-state index contributed by atoms with van der Waals surface area (Å²) in [5.74, 6) is -0.405. The molecular weight excluding hydrogens is 170 g/mol. The number of carbonyl (C=O) groups is 2. The van der Waals surface area contributed by atoms with Crippen molar-refractivity contribution in [2.75, 3.05) is 6.54 Å². The van der Waals surface area contributed by atoms with Crippen molar-refractivity contribution in [2.45, 2.75) is 19.3 Å². The smallest absolute Gasteiger partial charge is 0.328 e. The molecule has 0 radical (unpaired) electrons. The highest BCUT2D eigenvalue weighted by Gasteiger charge is 2.23. The number of carboxylic acid groups (broad SMARTS) is 1. The van der Waals surface area contributed by atoms with Gasteiger partial charge in [-0.1, -0.05) is 6.08 Å². The molecule has 72 valence electrons. The predicted molar refractivity (Wildman–Crippen MR) is 47.1 cm³/mol. The van der Waals surface area contributed by atoms with Crippen LogP contribution in [0.4, 0.5) is 0 Å². The van der Waals surface area contributed by atoms with E-state index in [1.807, 2.05) is 0 Å². The number of carbonyl (C=O) groups excluding carboxylic acids is 1. The maximum Gasteiger partial charge on any atom is 0.328 e. The maximum atomic E-state index is 11.0. The molecule has 0 aromatic carbocycles. The molecule has 0 saturated heterocycles. The number of carboxylic acids is 1. The summed E-state index contributed by atoms with van der Waals surface area (Å²) in [6, 6.07) is 0. The average Bonchev–Trinajstić information content (AvgIpc) is 2.81. The first-order valence-electron chi connectivity index (χ1n) is 4.34. The lowest BCUT2D eigenvalue weighted by Gasteiger charge is -1.99. The van der Waals surface area contributed by atoms with E-state index in [1.165, 1.54) is 6.08 Å². The van der Waals surface area contributed by atoms with Crippen molar-refractivity contribution in [3.05, 3.63) is 12.2 Å². The summed E-state index contributed by atoms with van der Waals surface area (Å²) in [5.41, 5.74) is 0. The molecule has 1 amide bonds. The predicted octanol–water partition coefficient (Wildman–Crippen LogP) is 0.543. The van der Waals surface area contributed by atoms with Gasteiger partial charge in [0.1, 0.15) is 0 Å². The van der Waals surface area contributed by atoms with Gasteiger partial charge in [-0.15, -0.1) is 0 Å². The van der Waals surface area contributed by atoms with Gasteiger partial charge in [-0.2, -0.15) is 0 Å². The molecule has 1 aliphatic rings. The van der Waals surface area contributed by atoms with Crippen molar-refractivity contribution in [1.29, 1.82) is 0 Å². The molecule has 1 fully saturated rings. The van der Waals surface area contributed by atoms with Crippen molar-refractivity contribution in [3.63, 3.8) is 0 Å². The van der Waals surface area contributed by atoms with Gasteiger partial charge in [0.15, 0.2) is 0 Å².